The lowest BCUT2D eigenvalue weighted by Crippen LogP contribution is -2.26. The molecule has 0 bridgehead atoms. The van der Waals surface area contributed by atoms with Crippen LogP contribution in [0.25, 0.3) is 0 Å². The number of hydrogen-bond donors (Lipinski definition) is 2. The molecule has 23 heavy (non-hydrogen) atoms. The van der Waals surface area contributed by atoms with Crippen molar-refractivity contribution in [3.8, 4) is 0 Å². The molecular weight excluding hydrogens is 288 g/mol. The van der Waals surface area contributed by atoms with Gasteiger partial charge in [-0.2, -0.15) is 0 Å². The van der Waals surface area contributed by atoms with E-state index in [9.17, 15) is 9.59 Å². The van der Waals surface area contributed by atoms with Gasteiger partial charge in [0.15, 0.2) is 0 Å². The molecule has 0 saturated heterocycles. The van der Waals surface area contributed by atoms with Gasteiger partial charge in [0.2, 0.25) is 0 Å². The first kappa shape index (κ1) is 15.3. The van der Waals surface area contributed by atoms with Gasteiger partial charge in [0, 0.05) is 23.7 Å². The second-order valence-electron chi connectivity index (χ2n) is 6.00. The van der Waals surface area contributed by atoms with Crippen LogP contribution in [0.2, 0.25) is 0 Å². The molecule has 3 rings (SSSR count). The molecule has 0 aliphatic heterocycles. The van der Waals surface area contributed by atoms with Gasteiger partial charge in [-0.1, -0.05) is 35.9 Å². The second kappa shape index (κ2) is 6.65. The standard InChI is InChI=1S/C19H20N2O2/c1-13-4-2-5-14(10-13)12-20-18(22)15-6-3-7-16(11-15)19(23)21-17-8-9-17/h2-7,10-11,17H,8-9,12H2,1H3,(H,20,22)(H,21,23). The lowest BCUT2D eigenvalue weighted by atomic mass is 10.1. The lowest BCUT2D eigenvalue weighted by Gasteiger charge is -2.08. The van der Waals surface area contributed by atoms with Gasteiger partial charge in [0.05, 0.1) is 0 Å². The Hall–Kier alpha value is -2.62. The molecule has 0 spiro atoms. The maximum Gasteiger partial charge on any atom is 0.251 e. The quantitative estimate of drug-likeness (QED) is 0.892. The number of amides is 2. The van der Waals surface area contributed by atoms with Gasteiger partial charge in [-0.05, 0) is 43.5 Å². The van der Waals surface area contributed by atoms with E-state index in [1.165, 1.54) is 0 Å². The Morgan fingerprint density at radius 3 is 2.39 bits per heavy atom. The summed E-state index contributed by atoms with van der Waals surface area (Å²) >= 11 is 0. The van der Waals surface area contributed by atoms with Crippen molar-refractivity contribution >= 4 is 11.8 Å². The van der Waals surface area contributed by atoms with Crippen LogP contribution in [0.4, 0.5) is 0 Å². The minimum atomic E-state index is -0.174. The predicted molar refractivity (Wildman–Crippen MR) is 89.3 cm³/mol. The number of benzene rings is 2. The predicted octanol–water partition coefficient (Wildman–Crippen LogP) is 2.82. The van der Waals surface area contributed by atoms with E-state index in [0.717, 1.165) is 24.0 Å². The van der Waals surface area contributed by atoms with Crippen molar-refractivity contribution in [1.29, 1.82) is 0 Å². The molecular formula is C19H20N2O2. The number of carbonyl (C=O) groups excluding carboxylic acids is 2. The maximum atomic E-state index is 12.3. The molecule has 1 saturated carbocycles. The van der Waals surface area contributed by atoms with Crippen LogP contribution in [-0.2, 0) is 6.54 Å². The Morgan fingerprint density at radius 2 is 1.70 bits per heavy atom. The maximum absolute atomic E-state index is 12.3. The molecule has 2 aromatic rings. The van der Waals surface area contributed by atoms with Crippen molar-refractivity contribution in [2.75, 3.05) is 0 Å². The van der Waals surface area contributed by atoms with Gasteiger partial charge < -0.3 is 10.6 Å². The van der Waals surface area contributed by atoms with E-state index >= 15 is 0 Å². The minimum Gasteiger partial charge on any atom is -0.349 e. The molecule has 118 valence electrons. The average Bonchev–Trinajstić information content (AvgIpc) is 3.37. The van der Waals surface area contributed by atoms with Gasteiger partial charge in [-0.25, -0.2) is 0 Å². The van der Waals surface area contributed by atoms with Crippen molar-refractivity contribution in [1.82, 2.24) is 10.6 Å². The third kappa shape index (κ3) is 4.19. The highest BCUT2D eigenvalue weighted by molar-refractivity contribution is 5.99. The van der Waals surface area contributed by atoms with E-state index in [0.29, 0.717) is 23.7 Å². The monoisotopic (exact) mass is 308 g/mol. The van der Waals surface area contributed by atoms with Crippen molar-refractivity contribution in [2.24, 2.45) is 0 Å². The van der Waals surface area contributed by atoms with Crippen LogP contribution in [0, 0.1) is 6.92 Å². The normalized spacial score (nSPS) is 13.4. The van der Waals surface area contributed by atoms with Crippen LogP contribution < -0.4 is 10.6 Å². The smallest absolute Gasteiger partial charge is 0.251 e. The van der Waals surface area contributed by atoms with Crippen molar-refractivity contribution in [2.45, 2.75) is 32.4 Å². The molecule has 1 aliphatic carbocycles. The number of nitrogens with one attached hydrogen (secondary N) is 2. The number of rotatable bonds is 5. The summed E-state index contributed by atoms with van der Waals surface area (Å²) in [4.78, 5) is 24.3. The summed E-state index contributed by atoms with van der Waals surface area (Å²) in [6.07, 6.45) is 2.09. The van der Waals surface area contributed by atoms with Crippen LogP contribution in [-0.4, -0.2) is 17.9 Å². The molecule has 2 aromatic carbocycles. The third-order valence-corrected chi connectivity index (χ3v) is 3.84. The third-order valence-electron chi connectivity index (χ3n) is 3.84. The average molecular weight is 308 g/mol. The second-order valence-corrected chi connectivity index (χ2v) is 6.00. The van der Waals surface area contributed by atoms with Crippen molar-refractivity contribution < 1.29 is 9.59 Å². The Bertz CT molecular complexity index is 736. The Balaban J connectivity index is 1.63. The Morgan fingerprint density at radius 1 is 1.00 bits per heavy atom. The van der Waals surface area contributed by atoms with Crippen LogP contribution in [0.3, 0.4) is 0 Å². The van der Waals surface area contributed by atoms with Crippen LogP contribution >= 0.6 is 0 Å². The van der Waals surface area contributed by atoms with E-state index in [-0.39, 0.29) is 11.8 Å². The lowest BCUT2D eigenvalue weighted by molar-refractivity contribution is 0.0950. The summed E-state index contributed by atoms with van der Waals surface area (Å²) < 4.78 is 0. The molecule has 1 aliphatic rings. The summed E-state index contributed by atoms with van der Waals surface area (Å²) in [6.45, 7) is 2.49. The fraction of sp³-hybridized carbons (Fsp3) is 0.263. The molecule has 0 unspecified atom stereocenters. The summed E-state index contributed by atoms with van der Waals surface area (Å²) in [6, 6.07) is 15.2. The summed E-state index contributed by atoms with van der Waals surface area (Å²) in [5, 5.41) is 5.82. The number of hydrogen-bond acceptors (Lipinski definition) is 2. The van der Waals surface area contributed by atoms with Gasteiger partial charge in [0.25, 0.3) is 11.8 Å². The molecule has 0 heterocycles. The first-order valence-corrected chi connectivity index (χ1v) is 7.86. The summed E-state index contributed by atoms with van der Waals surface area (Å²) in [5.74, 6) is -0.284. The Kier molecular flexibility index (Phi) is 4.42. The van der Waals surface area contributed by atoms with E-state index in [1.54, 1.807) is 24.3 Å². The highest BCUT2D eigenvalue weighted by atomic mass is 16.2. The molecule has 4 nitrogen and oxygen atoms in total. The molecule has 4 heteroatoms. The van der Waals surface area contributed by atoms with Crippen molar-refractivity contribution in [3.63, 3.8) is 0 Å². The largest absolute Gasteiger partial charge is 0.349 e. The topological polar surface area (TPSA) is 58.2 Å². The van der Waals surface area contributed by atoms with E-state index in [4.69, 9.17) is 0 Å². The van der Waals surface area contributed by atoms with Gasteiger partial charge in [-0.15, -0.1) is 0 Å². The van der Waals surface area contributed by atoms with Gasteiger partial charge in [-0.3, -0.25) is 9.59 Å². The number of aryl methyl sites for hydroxylation is 1. The summed E-state index contributed by atoms with van der Waals surface area (Å²) in [7, 11) is 0. The van der Waals surface area contributed by atoms with Crippen LogP contribution in [0.5, 0.6) is 0 Å². The van der Waals surface area contributed by atoms with E-state index in [1.807, 2.05) is 31.2 Å². The SMILES string of the molecule is Cc1cccc(CNC(=O)c2cccc(C(=O)NC3CC3)c2)c1. The zero-order valence-corrected chi connectivity index (χ0v) is 13.1. The molecule has 2 amide bonds. The molecule has 0 radical (unpaired) electrons. The van der Waals surface area contributed by atoms with Gasteiger partial charge in [0.1, 0.15) is 0 Å². The highest BCUT2D eigenvalue weighted by Gasteiger charge is 2.24. The first-order chi connectivity index (χ1) is 11.1. The molecule has 2 N–H and O–H groups in total. The molecule has 0 aromatic heterocycles. The zero-order valence-electron chi connectivity index (χ0n) is 13.1. The molecule has 0 atom stereocenters. The first-order valence-electron chi connectivity index (χ1n) is 7.86. The van der Waals surface area contributed by atoms with Crippen LogP contribution in [0.1, 0.15) is 44.7 Å². The number of carbonyl (C=O) groups is 2. The molecule has 1 fully saturated rings. The fourth-order valence-electron chi connectivity index (χ4n) is 2.40. The van der Waals surface area contributed by atoms with Gasteiger partial charge >= 0.3 is 0 Å². The summed E-state index contributed by atoms with van der Waals surface area (Å²) in [5.41, 5.74) is 3.25. The fourth-order valence-corrected chi connectivity index (χ4v) is 2.40. The minimum absolute atomic E-state index is 0.110. The van der Waals surface area contributed by atoms with Crippen LogP contribution in [0.15, 0.2) is 48.5 Å². The van der Waals surface area contributed by atoms with E-state index < -0.39 is 0 Å². The van der Waals surface area contributed by atoms with Crippen molar-refractivity contribution in [3.05, 3.63) is 70.8 Å². The Labute approximate surface area is 135 Å². The highest BCUT2D eigenvalue weighted by Crippen LogP contribution is 2.19. The zero-order chi connectivity index (χ0) is 16.2. The van der Waals surface area contributed by atoms with E-state index in [2.05, 4.69) is 10.6 Å².